The molecule has 1 aromatic carbocycles. The summed E-state index contributed by atoms with van der Waals surface area (Å²) < 4.78 is 11.5. The number of hydrogen-bond donors (Lipinski definition) is 0. The van der Waals surface area contributed by atoms with E-state index in [1.54, 1.807) is 18.7 Å². The highest BCUT2D eigenvalue weighted by Gasteiger charge is 2.28. The Morgan fingerprint density at radius 1 is 1.36 bits per heavy atom. The Hall–Kier alpha value is -1.27. The zero-order valence-corrected chi connectivity index (χ0v) is 14.5. The number of rotatable bonds is 7. The van der Waals surface area contributed by atoms with Crippen molar-refractivity contribution in [2.24, 2.45) is 0 Å². The smallest absolute Gasteiger partial charge is 0.161 e. The molecular weight excluding hydrogens is 318 g/mol. The van der Waals surface area contributed by atoms with Crippen LogP contribution in [0.4, 0.5) is 0 Å². The van der Waals surface area contributed by atoms with Crippen molar-refractivity contribution in [3.63, 3.8) is 0 Å². The van der Waals surface area contributed by atoms with Crippen LogP contribution in [0.2, 0.25) is 0 Å². The normalized spacial score (nSPS) is 17.4. The number of thioether (sulfide) groups is 1. The van der Waals surface area contributed by atoms with E-state index in [-0.39, 0.29) is 11.2 Å². The summed E-state index contributed by atoms with van der Waals surface area (Å²) in [6.07, 6.45) is 0.335. The van der Waals surface area contributed by atoms with Crippen LogP contribution in [0.5, 0.6) is 11.5 Å². The van der Waals surface area contributed by atoms with Gasteiger partial charge in [-0.2, -0.15) is 0 Å². The molecule has 1 heterocycles. The van der Waals surface area contributed by atoms with Crippen molar-refractivity contribution in [2.45, 2.75) is 25.6 Å². The quantitative estimate of drug-likeness (QED) is 0.711. The number of nitrogens with zero attached hydrogens (tertiary/aromatic N) is 1. The molecule has 1 unspecified atom stereocenters. The van der Waals surface area contributed by atoms with Gasteiger partial charge in [-0.1, -0.05) is 24.4 Å². The standard InChI is InChI=1S/C16H21NO3S2/c1-3-19-13-6-4-5-7-14(13)20-11-16-17(8-9-22-16)15(21)10-12(2)18/h4-7,16H,3,8-11H2,1-2H3. The van der Waals surface area contributed by atoms with Gasteiger partial charge in [-0.05, 0) is 26.0 Å². The van der Waals surface area contributed by atoms with Crippen LogP contribution in [-0.4, -0.2) is 46.6 Å². The van der Waals surface area contributed by atoms with Crippen molar-refractivity contribution >= 4 is 34.8 Å². The molecule has 1 atom stereocenters. The first-order valence-electron chi connectivity index (χ1n) is 7.37. The highest BCUT2D eigenvalue weighted by molar-refractivity contribution is 8.00. The van der Waals surface area contributed by atoms with Gasteiger partial charge in [0, 0.05) is 12.3 Å². The lowest BCUT2D eigenvalue weighted by atomic mass is 10.3. The molecule has 4 nitrogen and oxygen atoms in total. The second-order valence-corrected chi connectivity index (χ2v) is 6.74. The molecule has 22 heavy (non-hydrogen) atoms. The van der Waals surface area contributed by atoms with E-state index in [0.29, 0.717) is 24.6 Å². The van der Waals surface area contributed by atoms with Gasteiger partial charge in [-0.3, -0.25) is 4.79 Å². The number of thiocarbonyl (C=S) groups is 1. The van der Waals surface area contributed by atoms with Crippen LogP contribution in [0.3, 0.4) is 0 Å². The summed E-state index contributed by atoms with van der Waals surface area (Å²) in [4.78, 5) is 14.1. The van der Waals surface area contributed by atoms with Gasteiger partial charge in [0.25, 0.3) is 0 Å². The minimum absolute atomic E-state index is 0.100. The molecule has 1 saturated heterocycles. The predicted molar refractivity (Wildman–Crippen MR) is 94.0 cm³/mol. The number of ketones is 1. The maximum absolute atomic E-state index is 11.2. The van der Waals surface area contributed by atoms with Crippen molar-refractivity contribution in [1.29, 1.82) is 0 Å². The van der Waals surface area contributed by atoms with Crippen LogP contribution < -0.4 is 9.47 Å². The fourth-order valence-corrected chi connectivity index (χ4v) is 3.90. The van der Waals surface area contributed by atoms with Gasteiger partial charge in [0.1, 0.15) is 17.8 Å². The molecule has 0 radical (unpaired) electrons. The van der Waals surface area contributed by atoms with Crippen LogP contribution in [0.15, 0.2) is 24.3 Å². The molecule has 1 aliphatic rings. The molecule has 6 heteroatoms. The first-order valence-corrected chi connectivity index (χ1v) is 8.82. The minimum atomic E-state index is 0.100. The molecule has 0 spiro atoms. The number of hydrogen-bond acceptors (Lipinski definition) is 5. The van der Waals surface area contributed by atoms with E-state index in [9.17, 15) is 4.79 Å². The summed E-state index contributed by atoms with van der Waals surface area (Å²) >= 11 is 7.18. The fourth-order valence-electron chi connectivity index (χ4n) is 2.26. The third kappa shape index (κ3) is 4.61. The molecule has 1 fully saturated rings. The SMILES string of the molecule is CCOc1ccccc1OCC1SCCN1C(=S)CC(C)=O. The molecular formula is C16H21NO3S2. The van der Waals surface area contributed by atoms with Crippen LogP contribution in [0.1, 0.15) is 20.3 Å². The lowest BCUT2D eigenvalue weighted by Gasteiger charge is -2.26. The Labute approximate surface area is 141 Å². The predicted octanol–water partition coefficient (Wildman–Crippen LogP) is 3.15. The van der Waals surface area contributed by atoms with Crippen LogP contribution in [0.25, 0.3) is 0 Å². The third-order valence-corrected chi connectivity index (χ3v) is 4.81. The van der Waals surface area contributed by atoms with Crippen molar-refractivity contribution in [2.75, 3.05) is 25.5 Å². The lowest BCUT2D eigenvalue weighted by molar-refractivity contribution is -0.115. The zero-order valence-electron chi connectivity index (χ0n) is 12.9. The Kier molecular flexibility index (Phi) is 6.51. The monoisotopic (exact) mass is 339 g/mol. The van der Waals surface area contributed by atoms with Crippen molar-refractivity contribution in [3.05, 3.63) is 24.3 Å². The van der Waals surface area contributed by atoms with Crippen molar-refractivity contribution in [1.82, 2.24) is 4.90 Å². The Morgan fingerprint density at radius 2 is 2.05 bits per heavy atom. The zero-order chi connectivity index (χ0) is 15.9. The van der Waals surface area contributed by atoms with Gasteiger partial charge >= 0.3 is 0 Å². The summed E-state index contributed by atoms with van der Waals surface area (Å²) in [5, 5.41) is 0.154. The second kappa shape index (κ2) is 8.39. The maximum atomic E-state index is 11.2. The molecule has 0 aromatic heterocycles. The van der Waals surface area contributed by atoms with Crippen LogP contribution in [0, 0.1) is 0 Å². The molecule has 1 aliphatic heterocycles. The summed E-state index contributed by atoms with van der Waals surface area (Å²) in [7, 11) is 0. The largest absolute Gasteiger partial charge is 0.490 e. The molecule has 0 saturated carbocycles. The van der Waals surface area contributed by atoms with Crippen LogP contribution in [-0.2, 0) is 4.79 Å². The third-order valence-electron chi connectivity index (χ3n) is 3.24. The first kappa shape index (κ1) is 17.1. The van der Waals surface area contributed by atoms with Gasteiger partial charge in [-0.25, -0.2) is 0 Å². The number of carbonyl (C=O) groups is 1. The average molecular weight is 339 g/mol. The Morgan fingerprint density at radius 3 is 2.68 bits per heavy atom. The second-order valence-electron chi connectivity index (χ2n) is 4.98. The summed E-state index contributed by atoms with van der Waals surface area (Å²) in [5.41, 5.74) is 0. The highest BCUT2D eigenvalue weighted by atomic mass is 32.2. The van der Waals surface area contributed by atoms with E-state index in [1.807, 2.05) is 31.2 Å². The van der Waals surface area contributed by atoms with E-state index in [2.05, 4.69) is 4.90 Å². The van der Waals surface area contributed by atoms with Gasteiger partial charge in [0.2, 0.25) is 0 Å². The minimum Gasteiger partial charge on any atom is -0.490 e. The average Bonchev–Trinajstić information content (AvgIpc) is 2.94. The number of para-hydroxylation sites is 2. The van der Waals surface area contributed by atoms with Gasteiger partial charge in [0.15, 0.2) is 11.5 Å². The molecule has 0 N–H and O–H groups in total. The lowest BCUT2D eigenvalue weighted by Crippen LogP contribution is -2.37. The van der Waals surface area contributed by atoms with Gasteiger partial charge < -0.3 is 14.4 Å². The van der Waals surface area contributed by atoms with Gasteiger partial charge in [-0.15, -0.1) is 11.8 Å². The van der Waals surface area contributed by atoms with Crippen molar-refractivity contribution in [3.8, 4) is 11.5 Å². The number of carbonyl (C=O) groups excluding carboxylic acids is 1. The molecule has 0 aliphatic carbocycles. The van der Waals surface area contributed by atoms with E-state index in [1.165, 1.54) is 0 Å². The number of benzene rings is 1. The molecule has 1 aromatic rings. The van der Waals surface area contributed by atoms with Gasteiger partial charge in [0.05, 0.1) is 18.0 Å². The number of Topliss-reactive ketones (excluding diaryl/α,β-unsaturated/α-hetero) is 1. The number of ether oxygens (including phenoxy) is 2. The summed E-state index contributed by atoms with van der Waals surface area (Å²) in [5.74, 6) is 2.60. The maximum Gasteiger partial charge on any atom is 0.161 e. The van der Waals surface area contributed by atoms with E-state index < -0.39 is 0 Å². The topological polar surface area (TPSA) is 38.8 Å². The molecule has 2 rings (SSSR count). The summed E-state index contributed by atoms with van der Waals surface area (Å²) in [6.45, 7) is 5.52. The first-order chi connectivity index (χ1) is 10.6. The fraction of sp³-hybridized carbons (Fsp3) is 0.500. The van der Waals surface area contributed by atoms with Crippen LogP contribution >= 0.6 is 24.0 Å². The summed E-state index contributed by atoms with van der Waals surface area (Å²) in [6, 6.07) is 7.66. The van der Waals surface area contributed by atoms with E-state index >= 15 is 0 Å². The molecule has 0 bridgehead atoms. The molecule has 120 valence electrons. The van der Waals surface area contributed by atoms with E-state index in [0.717, 1.165) is 23.8 Å². The van der Waals surface area contributed by atoms with E-state index in [4.69, 9.17) is 21.7 Å². The Bertz CT molecular complexity index is 536. The molecule has 0 amide bonds. The highest BCUT2D eigenvalue weighted by Crippen LogP contribution is 2.30. The van der Waals surface area contributed by atoms with Crippen molar-refractivity contribution < 1.29 is 14.3 Å². The Balaban J connectivity index is 1.95.